The highest BCUT2D eigenvalue weighted by atomic mass is 16.5. The zero-order valence-corrected chi connectivity index (χ0v) is 10.0. The van der Waals surface area contributed by atoms with Crippen molar-refractivity contribution in [1.82, 2.24) is 0 Å². The average Bonchev–Trinajstić information content (AvgIpc) is 2.20. The van der Waals surface area contributed by atoms with Gasteiger partial charge in [0.05, 0.1) is 24.6 Å². The van der Waals surface area contributed by atoms with Gasteiger partial charge in [0.2, 0.25) is 0 Å². The van der Waals surface area contributed by atoms with E-state index in [0.29, 0.717) is 0 Å². The maximum absolute atomic E-state index is 11.2. The van der Waals surface area contributed by atoms with Crippen LogP contribution in [0.15, 0.2) is 11.1 Å². The van der Waals surface area contributed by atoms with E-state index in [0.717, 1.165) is 16.3 Å². The molecule has 0 saturated heterocycles. The summed E-state index contributed by atoms with van der Waals surface area (Å²) in [6.07, 6.45) is 0.271. The van der Waals surface area contributed by atoms with E-state index in [1.54, 1.807) is 0 Å². The summed E-state index contributed by atoms with van der Waals surface area (Å²) in [5.74, 6) is -0.233. The van der Waals surface area contributed by atoms with Gasteiger partial charge in [0.15, 0.2) is 0 Å². The maximum atomic E-state index is 11.2. The van der Waals surface area contributed by atoms with Gasteiger partial charge < -0.3 is 4.74 Å². The SMILES string of the molecule is COC(=O)CC1=c2c(C)c(C)cc(C)c2=N1. The number of carbonyl (C=O) groups is 1. The monoisotopic (exact) mass is 217 g/mol. The van der Waals surface area contributed by atoms with E-state index >= 15 is 0 Å². The minimum absolute atomic E-state index is 0.233. The molecular formula is C13H15NO2. The second-order valence-electron chi connectivity index (χ2n) is 4.17. The number of benzene rings is 1. The van der Waals surface area contributed by atoms with Crippen molar-refractivity contribution in [3.63, 3.8) is 0 Å². The first-order chi connectivity index (χ1) is 7.54. The minimum atomic E-state index is -0.233. The van der Waals surface area contributed by atoms with Crippen LogP contribution in [-0.4, -0.2) is 13.1 Å². The highest BCUT2D eigenvalue weighted by Crippen LogP contribution is 2.12. The summed E-state index contributed by atoms with van der Waals surface area (Å²) in [7, 11) is 1.40. The van der Waals surface area contributed by atoms with Crippen LogP contribution in [0, 0.1) is 20.8 Å². The lowest BCUT2D eigenvalue weighted by Crippen LogP contribution is -2.40. The summed E-state index contributed by atoms with van der Waals surface area (Å²) in [6.45, 7) is 6.19. The average molecular weight is 217 g/mol. The van der Waals surface area contributed by atoms with E-state index in [4.69, 9.17) is 0 Å². The molecule has 84 valence electrons. The van der Waals surface area contributed by atoms with Crippen molar-refractivity contribution in [2.75, 3.05) is 7.11 Å². The topological polar surface area (TPSA) is 38.7 Å². The molecule has 1 aliphatic rings. The molecule has 0 N–H and O–H groups in total. The van der Waals surface area contributed by atoms with Gasteiger partial charge in [0.25, 0.3) is 0 Å². The highest BCUT2D eigenvalue weighted by Gasteiger charge is 2.16. The fraction of sp³-hybridized carbons (Fsp3) is 0.385. The van der Waals surface area contributed by atoms with Crippen molar-refractivity contribution in [2.45, 2.75) is 27.2 Å². The molecule has 0 aliphatic carbocycles. The molecule has 0 bridgehead atoms. The zero-order chi connectivity index (χ0) is 11.9. The Morgan fingerprint density at radius 1 is 1.31 bits per heavy atom. The predicted molar refractivity (Wildman–Crippen MR) is 61.5 cm³/mol. The summed E-state index contributed by atoms with van der Waals surface area (Å²) in [4.78, 5) is 15.6. The number of carbonyl (C=O) groups excluding carboxylic acids is 1. The lowest BCUT2D eigenvalue weighted by Gasteiger charge is -2.15. The number of hydrogen-bond donors (Lipinski definition) is 0. The van der Waals surface area contributed by atoms with Crippen LogP contribution >= 0.6 is 0 Å². The van der Waals surface area contributed by atoms with Gasteiger partial charge in [-0.25, -0.2) is 0 Å². The highest BCUT2D eigenvalue weighted by molar-refractivity contribution is 5.80. The summed E-state index contributed by atoms with van der Waals surface area (Å²) >= 11 is 0. The number of methoxy groups -OCH3 is 1. The van der Waals surface area contributed by atoms with Gasteiger partial charge in [-0.1, -0.05) is 6.07 Å². The van der Waals surface area contributed by atoms with Crippen LogP contribution in [0.1, 0.15) is 23.1 Å². The largest absolute Gasteiger partial charge is 0.469 e. The van der Waals surface area contributed by atoms with Crippen molar-refractivity contribution < 1.29 is 9.53 Å². The lowest BCUT2D eigenvalue weighted by atomic mass is 9.98. The van der Waals surface area contributed by atoms with E-state index < -0.39 is 0 Å². The third-order valence-corrected chi connectivity index (χ3v) is 3.08. The molecule has 1 aromatic carbocycles. The molecule has 0 spiro atoms. The second-order valence-corrected chi connectivity index (χ2v) is 4.17. The maximum Gasteiger partial charge on any atom is 0.311 e. The van der Waals surface area contributed by atoms with Gasteiger partial charge in [-0.15, -0.1) is 0 Å². The van der Waals surface area contributed by atoms with Crippen molar-refractivity contribution in [2.24, 2.45) is 4.99 Å². The molecular weight excluding hydrogens is 202 g/mol. The van der Waals surface area contributed by atoms with Crippen molar-refractivity contribution in [1.29, 1.82) is 0 Å². The number of nitrogens with zero attached hydrogens (tertiary/aromatic N) is 1. The number of aryl methyl sites for hydroxylation is 2. The minimum Gasteiger partial charge on any atom is -0.469 e. The summed E-state index contributed by atoms with van der Waals surface area (Å²) in [6, 6.07) is 2.13. The molecule has 3 heteroatoms. The summed E-state index contributed by atoms with van der Waals surface area (Å²) in [5, 5.41) is 2.17. The molecule has 16 heavy (non-hydrogen) atoms. The molecule has 1 aliphatic heterocycles. The quantitative estimate of drug-likeness (QED) is 0.691. The fourth-order valence-electron chi connectivity index (χ4n) is 2.05. The molecule has 0 saturated carbocycles. The van der Waals surface area contributed by atoms with Crippen LogP contribution in [0.5, 0.6) is 0 Å². The first-order valence-corrected chi connectivity index (χ1v) is 5.30. The van der Waals surface area contributed by atoms with Crippen LogP contribution in [0.4, 0.5) is 0 Å². The third-order valence-electron chi connectivity index (χ3n) is 3.08. The number of esters is 1. The smallest absolute Gasteiger partial charge is 0.311 e. The van der Waals surface area contributed by atoms with Crippen molar-refractivity contribution >= 4 is 11.7 Å². The molecule has 0 amide bonds. The molecule has 0 unspecified atom stereocenters. The standard InChI is InChI=1S/C13H15NO2/c1-7-5-8(2)13-12(9(7)3)10(14-13)6-11(15)16-4/h5H,6H2,1-4H3. The Balaban J connectivity index is 2.55. The zero-order valence-electron chi connectivity index (χ0n) is 10.0. The summed E-state index contributed by atoms with van der Waals surface area (Å²) < 4.78 is 4.65. The Bertz CT molecular complexity index is 585. The summed E-state index contributed by atoms with van der Waals surface area (Å²) in [5.41, 5.74) is 4.49. The van der Waals surface area contributed by atoms with Crippen molar-refractivity contribution in [3.8, 4) is 0 Å². The van der Waals surface area contributed by atoms with Gasteiger partial charge in [0, 0.05) is 5.22 Å². The lowest BCUT2D eigenvalue weighted by molar-refractivity contribution is -0.139. The number of ether oxygens (including phenoxy) is 1. The Kier molecular flexibility index (Phi) is 2.54. The van der Waals surface area contributed by atoms with Crippen LogP contribution in [0.2, 0.25) is 0 Å². The number of rotatable bonds is 2. The normalized spacial score (nSPS) is 12.6. The first kappa shape index (κ1) is 10.9. The van der Waals surface area contributed by atoms with E-state index in [9.17, 15) is 4.79 Å². The van der Waals surface area contributed by atoms with Crippen LogP contribution in [0.25, 0.3) is 5.70 Å². The van der Waals surface area contributed by atoms with E-state index in [1.807, 2.05) is 6.92 Å². The van der Waals surface area contributed by atoms with Gasteiger partial charge in [-0.05, 0) is 37.5 Å². The van der Waals surface area contributed by atoms with Gasteiger partial charge in [0.1, 0.15) is 0 Å². The third kappa shape index (κ3) is 1.52. The fourth-order valence-corrected chi connectivity index (χ4v) is 2.05. The molecule has 0 atom stereocenters. The number of fused-ring (bicyclic) bond motifs is 1. The molecule has 3 nitrogen and oxygen atoms in total. The van der Waals surface area contributed by atoms with Gasteiger partial charge in [-0.3, -0.25) is 9.79 Å². The number of hydrogen-bond acceptors (Lipinski definition) is 3. The molecule has 1 aromatic rings. The second kappa shape index (κ2) is 3.74. The van der Waals surface area contributed by atoms with E-state index in [1.165, 1.54) is 23.8 Å². The Hall–Kier alpha value is -1.64. The van der Waals surface area contributed by atoms with E-state index in [2.05, 4.69) is 29.6 Å². The Labute approximate surface area is 94.5 Å². The molecule has 1 heterocycles. The van der Waals surface area contributed by atoms with Crippen LogP contribution in [0.3, 0.4) is 0 Å². The molecule has 0 radical (unpaired) electrons. The van der Waals surface area contributed by atoms with E-state index in [-0.39, 0.29) is 12.4 Å². The van der Waals surface area contributed by atoms with Crippen LogP contribution < -0.4 is 10.6 Å². The van der Waals surface area contributed by atoms with Crippen molar-refractivity contribution in [3.05, 3.63) is 33.3 Å². The Morgan fingerprint density at radius 2 is 2.00 bits per heavy atom. The van der Waals surface area contributed by atoms with Crippen LogP contribution in [-0.2, 0) is 9.53 Å². The van der Waals surface area contributed by atoms with Gasteiger partial charge in [-0.2, -0.15) is 0 Å². The first-order valence-electron chi connectivity index (χ1n) is 5.30. The predicted octanol–water partition coefficient (Wildman–Crippen LogP) is 0.916. The molecule has 0 fully saturated rings. The Morgan fingerprint density at radius 3 is 2.62 bits per heavy atom. The molecule has 0 aromatic heterocycles. The molecule has 2 rings (SSSR count). The van der Waals surface area contributed by atoms with Gasteiger partial charge >= 0.3 is 5.97 Å².